The van der Waals surface area contributed by atoms with Crippen molar-refractivity contribution in [3.05, 3.63) is 64.7 Å². The van der Waals surface area contributed by atoms with Crippen molar-refractivity contribution in [3.63, 3.8) is 0 Å². The molecule has 0 aromatic heterocycles. The Morgan fingerprint density at radius 2 is 2.04 bits per heavy atom. The first-order chi connectivity index (χ1) is 12.2. The summed E-state index contributed by atoms with van der Waals surface area (Å²) in [5, 5.41) is 9.00. The minimum atomic E-state index is 0.422. The van der Waals surface area contributed by atoms with Crippen molar-refractivity contribution in [1.29, 1.82) is 0 Å². The first kappa shape index (κ1) is 19.3. The SMILES string of the molecule is CCCCOc1ccc(C=NN=C(N)SCc2ccccc2)cc1Cl. The number of nitrogens with two attached hydrogens (primary N) is 1. The Kier molecular flexibility index (Phi) is 8.35. The molecule has 0 saturated carbocycles. The van der Waals surface area contributed by atoms with Crippen LogP contribution in [0.15, 0.2) is 58.7 Å². The van der Waals surface area contributed by atoms with E-state index in [9.17, 15) is 0 Å². The largest absolute Gasteiger partial charge is 0.492 e. The first-order valence-corrected chi connectivity index (χ1v) is 9.51. The summed E-state index contributed by atoms with van der Waals surface area (Å²) < 4.78 is 5.62. The van der Waals surface area contributed by atoms with Crippen molar-refractivity contribution in [2.75, 3.05) is 6.61 Å². The summed E-state index contributed by atoms with van der Waals surface area (Å²) in [6, 6.07) is 15.6. The molecule has 4 nitrogen and oxygen atoms in total. The van der Waals surface area contributed by atoms with Gasteiger partial charge in [0, 0.05) is 5.75 Å². The molecule has 0 fully saturated rings. The number of unbranched alkanes of at least 4 members (excludes halogenated alkanes) is 1. The maximum Gasteiger partial charge on any atom is 0.180 e. The van der Waals surface area contributed by atoms with Crippen LogP contribution in [0.2, 0.25) is 5.02 Å². The summed E-state index contributed by atoms with van der Waals surface area (Å²) >= 11 is 7.67. The van der Waals surface area contributed by atoms with Gasteiger partial charge in [0.25, 0.3) is 0 Å². The van der Waals surface area contributed by atoms with Crippen molar-refractivity contribution >= 4 is 34.7 Å². The Morgan fingerprint density at radius 3 is 2.76 bits per heavy atom. The van der Waals surface area contributed by atoms with E-state index < -0.39 is 0 Å². The minimum absolute atomic E-state index is 0.422. The van der Waals surface area contributed by atoms with E-state index in [1.165, 1.54) is 17.3 Å². The summed E-state index contributed by atoms with van der Waals surface area (Å²) in [7, 11) is 0. The summed E-state index contributed by atoms with van der Waals surface area (Å²) in [6.07, 6.45) is 3.72. The normalized spacial score (nSPS) is 11.8. The summed E-state index contributed by atoms with van der Waals surface area (Å²) in [5.41, 5.74) is 7.90. The van der Waals surface area contributed by atoms with Crippen LogP contribution in [0.4, 0.5) is 0 Å². The standard InChI is InChI=1S/C19H22ClN3OS/c1-2-3-11-24-18-10-9-16(12-17(18)20)13-22-23-19(21)25-14-15-7-5-4-6-8-15/h4-10,12-13H,2-3,11,14H2,1H3,(H2,21,23). The third-order valence-electron chi connectivity index (χ3n) is 3.30. The number of thioether (sulfide) groups is 1. The van der Waals surface area contributed by atoms with Gasteiger partial charge in [-0.1, -0.05) is 67.0 Å². The number of rotatable bonds is 8. The molecule has 2 aromatic rings. The van der Waals surface area contributed by atoms with Crippen LogP contribution in [-0.4, -0.2) is 18.0 Å². The fourth-order valence-corrected chi connectivity index (χ4v) is 2.81. The van der Waals surface area contributed by atoms with E-state index in [1.54, 1.807) is 12.3 Å². The number of ether oxygens (including phenoxy) is 1. The van der Waals surface area contributed by atoms with E-state index in [-0.39, 0.29) is 0 Å². The van der Waals surface area contributed by atoms with Crippen molar-refractivity contribution in [2.24, 2.45) is 15.9 Å². The molecule has 0 amide bonds. The highest BCUT2D eigenvalue weighted by Crippen LogP contribution is 2.25. The summed E-state index contributed by atoms with van der Waals surface area (Å²) in [4.78, 5) is 0. The molecule has 0 bridgehead atoms. The molecule has 2 N–H and O–H groups in total. The van der Waals surface area contributed by atoms with Gasteiger partial charge in [-0.25, -0.2) is 0 Å². The van der Waals surface area contributed by atoms with Crippen molar-refractivity contribution < 1.29 is 4.74 Å². The van der Waals surface area contributed by atoms with Crippen LogP contribution in [0.5, 0.6) is 5.75 Å². The lowest BCUT2D eigenvalue weighted by Crippen LogP contribution is -2.06. The Hall–Kier alpha value is -1.98. The molecule has 0 aliphatic heterocycles. The Labute approximate surface area is 158 Å². The van der Waals surface area contributed by atoms with Gasteiger partial charge >= 0.3 is 0 Å². The number of nitrogens with zero attached hydrogens (tertiary/aromatic N) is 2. The van der Waals surface area contributed by atoms with Gasteiger partial charge in [-0.05, 0) is 35.7 Å². The van der Waals surface area contributed by atoms with Gasteiger partial charge in [-0.15, -0.1) is 5.10 Å². The quantitative estimate of drug-likeness (QED) is 0.302. The zero-order chi connectivity index (χ0) is 17.9. The molecule has 25 heavy (non-hydrogen) atoms. The predicted octanol–water partition coefficient (Wildman–Crippen LogP) is 5.10. The molecule has 0 saturated heterocycles. The van der Waals surface area contributed by atoms with Crippen LogP contribution in [0.1, 0.15) is 30.9 Å². The molecule has 0 heterocycles. The zero-order valence-corrected chi connectivity index (χ0v) is 15.8. The van der Waals surface area contributed by atoms with Crippen molar-refractivity contribution in [3.8, 4) is 5.75 Å². The monoisotopic (exact) mass is 375 g/mol. The summed E-state index contributed by atoms with van der Waals surface area (Å²) in [5.74, 6) is 1.45. The molecular weight excluding hydrogens is 354 g/mol. The molecule has 0 aliphatic carbocycles. The number of halogens is 1. The molecule has 6 heteroatoms. The van der Waals surface area contributed by atoms with Gasteiger partial charge in [0.05, 0.1) is 17.8 Å². The predicted molar refractivity (Wildman–Crippen MR) is 109 cm³/mol. The smallest absolute Gasteiger partial charge is 0.180 e. The average molecular weight is 376 g/mol. The van der Waals surface area contributed by atoms with Gasteiger partial charge in [-0.2, -0.15) is 5.10 Å². The van der Waals surface area contributed by atoms with Gasteiger partial charge in [0.2, 0.25) is 0 Å². The van der Waals surface area contributed by atoms with Crippen LogP contribution in [-0.2, 0) is 5.75 Å². The van der Waals surface area contributed by atoms with E-state index in [0.29, 0.717) is 22.5 Å². The Balaban J connectivity index is 1.86. The fourth-order valence-electron chi connectivity index (χ4n) is 1.95. The number of amidine groups is 1. The average Bonchev–Trinajstić information content (AvgIpc) is 2.63. The molecule has 0 unspecified atom stereocenters. The molecule has 0 radical (unpaired) electrons. The molecule has 2 aromatic carbocycles. The van der Waals surface area contributed by atoms with Gasteiger partial charge in [-0.3, -0.25) is 0 Å². The fraction of sp³-hybridized carbons (Fsp3) is 0.263. The topological polar surface area (TPSA) is 60.0 Å². The molecule has 2 rings (SSSR count). The van der Waals surface area contributed by atoms with Gasteiger partial charge in [0.1, 0.15) is 5.75 Å². The van der Waals surface area contributed by atoms with Crippen molar-refractivity contribution in [1.82, 2.24) is 0 Å². The highest BCUT2D eigenvalue weighted by atomic mass is 35.5. The van der Waals surface area contributed by atoms with Gasteiger partial charge < -0.3 is 10.5 Å². The second-order valence-corrected chi connectivity index (χ2v) is 6.75. The second-order valence-electron chi connectivity index (χ2n) is 5.35. The molecular formula is C19H22ClN3OS. The van der Waals surface area contributed by atoms with E-state index >= 15 is 0 Å². The van der Waals surface area contributed by atoms with Crippen LogP contribution in [0.3, 0.4) is 0 Å². The van der Waals surface area contributed by atoms with Crippen LogP contribution >= 0.6 is 23.4 Å². The van der Waals surface area contributed by atoms with Crippen LogP contribution < -0.4 is 10.5 Å². The lowest BCUT2D eigenvalue weighted by Gasteiger charge is -2.07. The van der Waals surface area contributed by atoms with E-state index in [4.69, 9.17) is 22.1 Å². The maximum atomic E-state index is 6.22. The summed E-state index contributed by atoms with van der Waals surface area (Å²) in [6.45, 7) is 2.79. The number of hydrogen-bond donors (Lipinski definition) is 1. The highest BCUT2D eigenvalue weighted by molar-refractivity contribution is 8.13. The van der Waals surface area contributed by atoms with E-state index in [0.717, 1.165) is 24.2 Å². The molecule has 0 atom stereocenters. The second kappa shape index (κ2) is 10.8. The van der Waals surface area contributed by atoms with E-state index in [2.05, 4.69) is 29.3 Å². The molecule has 0 spiro atoms. The van der Waals surface area contributed by atoms with Crippen LogP contribution in [0, 0.1) is 0 Å². The Morgan fingerprint density at radius 1 is 1.24 bits per heavy atom. The third kappa shape index (κ3) is 7.20. The zero-order valence-electron chi connectivity index (χ0n) is 14.2. The Bertz CT molecular complexity index is 720. The lowest BCUT2D eigenvalue weighted by molar-refractivity contribution is 0.309. The number of benzene rings is 2. The van der Waals surface area contributed by atoms with E-state index in [1.807, 2.05) is 30.3 Å². The highest BCUT2D eigenvalue weighted by Gasteiger charge is 2.02. The number of hydrogen-bond acceptors (Lipinski definition) is 4. The van der Waals surface area contributed by atoms with Gasteiger partial charge in [0.15, 0.2) is 5.17 Å². The minimum Gasteiger partial charge on any atom is -0.492 e. The maximum absolute atomic E-state index is 6.22. The first-order valence-electron chi connectivity index (χ1n) is 8.14. The molecule has 132 valence electrons. The molecule has 0 aliphatic rings. The van der Waals surface area contributed by atoms with Crippen molar-refractivity contribution in [2.45, 2.75) is 25.5 Å². The lowest BCUT2D eigenvalue weighted by atomic mass is 10.2. The third-order valence-corrected chi connectivity index (χ3v) is 4.45. The van der Waals surface area contributed by atoms with Crippen LogP contribution in [0.25, 0.3) is 0 Å².